The van der Waals surface area contributed by atoms with Crippen LogP contribution in [0.15, 0.2) is 24.3 Å². The molecular formula is C14H21F2N. The molecule has 0 spiro atoms. The molecule has 1 saturated heterocycles. The summed E-state index contributed by atoms with van der Waals surface area (Å²) in [4.78, 5) is 2.02. The Bertz CT molecular complexity index is 323. The van der Waals surface area contributed by atoms with Crippen molar-refractivity contribution >= 4 is 5.69 Å². The first kappa shape index (κ1) is 13.9. The molecule has 0 radical (unpaired) electrons. The lowest BCUT2D eigenvalue weighted by Crippen LogP contribution is -2.39. The molecule has 1 aromatic rings. The van der Waals surface area contributed by atoms with Gasteiger partial charge in [-0.2, -0.15) is 0 Å². The maximum absolute atomic E-state index is 12.9. The molecule has 96 valence electrons. The number of benzene rings is 1. The average Bonchev–Trinajstić information content (AvgIpc) is 2.33. The molecule has 0 aliphatic carbocycles. The van der Waals surface area contributed by atoms with Crippen molar-refractivity contribution in [2.75, 3.05) is 18.0 Å². The molecule has 1 nitrogen and oxygen atoms in total. The Hall–Kier alpha value is -1.12. The molecule has 1 aliphatic heterocycles. The second kappa shape index (κ2) is 5.99. The highest BCUT2D eigenvalue weighted by Gasteiger charge is 2.33. The zero-order valence-corrected chi connectivity index (χ0v) is 10.8. The van der Waals surface area contributed by atoms with Crippen LogP contribution >= 0.6 is 0 Å². The maximum atomic E-state index is 12.9. The van der Waals surface area contributed by atoms with E-state index in [0.29, 0.717) is 13.1 Å². The zero-order chi connectivity index (χ0) is 12.9. The van der Waals surface area contributed by atoms with E-state index in [2.05, 4.69) is 0 Å². The summed E-state index contributed by atoms with van der Waals surface area (Å²) in [5.74, 6) is -2.46. The topological polar surface area (TPSA) is 3.24 Å². The smallest absolute Gasteiger partial charge is 0.251 e. The predicted molar refractivity (Wildman–Crippen MR) is 68.9 cm³/mol. The highest BCUT2D eigenvalue weighted by Crippen LogP contribution is 2.30. The van der Waals surface area contributed by atoms with Gasteiger partial charge in [-0.15, -0.1) is 0 Å². The van der Waals surface area contributed by atoms with Gasteiger partial charge in [0, 0.05) is 31.6 Å². The van der Waals surface area contributed by atoms with Crippen LogP contribution in [0.5, 0.6) is 0 Å². The molecule has 0 aromatic heterocycles. The number of hydrogen-bond acceptors (Lipinski definition) is 1. The van der Waals surface area contributed by atoms with E-state index in [1.807, 2.05) is 49.9 Å². The Labute approximate surface area is 102 Å². The number of anilines is 1. The van der Waals surface area contributed by atoms with Crippen molar-refractivity contribution in [2.45, 2.75) is 39.5 Å². The van der Waals surface area contributed by atoms with Crippen molar-refractivity contribution in [1.82, 2.24) is 0 Å². The van der Waals surface area contributed by atoms with Gasteiger partial charge < -0.3 is 4.90 Å². The quantitative estimate of drug-likeness (QED) is 0.710. The summed E-state index contributed by atoms with van der Waals surface area (Å²) in [5, 5.41) is 0. The van der Waals surface area contributed by atoms with Crippen LogP contribution in [0.2, 0.25) is 0 Å². The zero-order valence-electron chi connectivity index (χ0n) is 10.8. The Morgan fingerprint density at radius 1 is 1.00 bits per heavy atom. The predicted octanol–water partition coefficient (Wildman–Crippen LogP) is 4.26. The normalized spacial score (nSPS) is 18.3. The summed E-state index contributed by atoms with van der Waals surface area (Å²) in [5.41, 5.74) is 2.25. The Morgan fingerprint density at radius 2 is 1.47 bits per heavy atom. The van der Waals surface area contributed by atoms with Gasteiger partial charge in [0.05, 0.1) is 0 Å². The number of halogens is 2. The van der Waals surface area contributed by atoms with E-state index in [1.54, 1.807) is 0 Å². The van der Waals surface area contributed by atoms with Gasteiger partial charge in [0.2, 0.25) is 0 Å². The largest absolute Gasteiger partial charge is 0.371 e. The molecule has 0 unspecified atom stereocenters. The number of hydrogen-bond donors (Lipinski definition) is 0. The first-order chi connectivity index (χ1) is 8.07. The van der Waals surface area contributed by atoms with Crippen LogP contribution in [0.4, 0.5) is 14.5 Å². The van der Waals surface area contributed by atoms with Gasteiger partial charge in [0.25, 0.3) is 5.92 Å². The summed E-state index contributed by atoms with van der Waals surface area (Å²) in [7, 11) is 0. The molecule has 1 aliphatic rings. The van der Waals surface area contributed by atoms with E-state index in [-0.39, 0.29) is 12.8 Å². The van der Waals surface area contributed by atoms with Crippen LogP contribution in [0.3, 0.4) is 0 Å². The second-order valence-electron chi connectivity index (χ2n) is 4.18. The second-order valence-corrected chi connectivity index (χ2v) is 4.18. The molecule has 17 heavy (non-hydrogen) atoms. The van der Waals surface area contributed by atoms with E-state index >= 15 is 0 Å². The van der Waals surface area contributed by atoms with Gasteiger partial charge in [-0.1, -0.05) is 31.5 Å². The average molecular weight is 241 g/mol. The minimum atomic E-state index is -2.46. The third kappa shape index (κ3) is 3.99. The molecule has 1 fully saturated rings. The summed E-state index contributed by atoms with van der Waals surface area (Å²) in [6, 6.07) is 8.03. The summed E-state index contributed by atoms with van der Waals surface area (Å²) in [6.07, 6.45) is -0.0538. The van der Waals surface area contributed by atoms with Gasteiger partial charge in [0.15, 0.2) is 0 Å². The van der Waals surface area contributed by atoms with Crippen LogP contribution in [0.25, 0.3) is 0 Å². The molecule has 1 heterocycles. The monoisotopic (exact) mass is 241 g/mol. The van der Waals surface area contributed by atoms with Crippen LogP contribution in [0, 0.1) is 6.92 Å². The number of piperidine rings is 1. The van der Waals surface area contributed by atoms with Gasteiger partial charge in [0.1, 0.15) is 0 Å². The molecule has 0 saturated carbocycles. The summed E-state index contributed by atoms with van der Waals surface area (Å²) in [6.45, 7) is 6.93. The Morgan fingerprint density at radius 3 is 1.94 bits per heavy atom. The standard InChI is InChI=1S/C12H15F2N.C2H6/c1-10-2-4-11(5-3-10)15-8-6-12(13,14)7-9-15;1-2/h2-5H,6-9H2,1H3;1-2H3. The number of alkyl halides is 2. The van der Waals surface area contributed by atoms with E-state index < -0.39 is 5.92 Å². The highest BCUT2D eigenvalue weighted by atomic mass is 19.3. The summed E-state index contributed by atoms with van der Waals surface area (Å²) >= 11 is 0. The molecular weight excluding hydrogens is 220 g/mol. The third-order valence-corrected chi connectivity index (χ3v) is 2.89. The molecule has 0 bridgehead atoms. The van der Waals surface area contributed by atoms with Crippen LogP contribution in [-0.4, -0.2) is 19.0 Å². The molecule has 0 N–H and O–H groups in total. The minimum absolute atomic E-state index is 0.0269. The van der Waals surface area contributed by atoms with Gasteiger partial charge >= 0.3 is 0 Å². The molecule has 0 amide bonds. The third-order valence-electron chi connectivity index (χ3n) is 2.89. The van der Waals surface area contributed by atoms with Gasteiger partial charge in [-0.05, 0) is 19.1 Å². The lowest BCUT2D eigenvalue weighted by atomic mass is 10.1. The van der Waals surface area contributed by atoms with E-state index in [1.165, 1.54) is 5.56 Å². The Balaban J connectivity index is 0.000000686. The number of nitrogens with zero attached hydrogens (tertiary/aromatic N) is 1. The summed E-state index contributed by atoms with van der Waals surface area (Å²) < 4.78 is 25.9. The van der Waals surface area contributed by atoms with E-state index in [0.717, 1.165) is 5.69 Å². The van der Waals surface area contributed by atoms with Crippen molar-refractivity contribution in [3.63, 3.8) is 0 Å². The van der Waals surface area contributed by atoms with E-state index in [9.17, 15) is 8.78 Å². The van der Waals surface area contributed by atoms with Gasteiger partial charge in [-0.3, -0.25) is 0 Å². The fraction of sp³-hybridized carbons (Fsp3) is 0.571. The van der Waals surface area contributed by atoms with Crippen molar-refractivity contribution in [2.24, 2.45) is 0 Å². The van der Waals surface area contributed by atoms with Crippen LogP contribution in [0.1, 0.15) is 32.3 Å². The van der Waals surface area contributed by atoms with Crippen molar-refractivity contribution in [3.8, 4) is 0 Å². The van der Waals surface area contributed by atoms with Crippen LogP contribution < -0.4 is 4.90 Å². The van der Waals surface area contributed by atoms with Crippen molar-refractivity contribution in [3.05, 3.63) is 29.8 Å². The number of aryl methyl sites for hydroxylation is 1. The molecule has 3 heteroatoms. The highest BCUT2D eigenvalue weighted by molar-refractivity contribution is 5.47. The lowest BCUT2D eigenvalue weighted by Gasteiger charge is -2.33. The SMILES string of the molecule is CC.Cc1ccc(N2CCC(F)(F)CC2)cc1. The van der Waals surface area contributed by atoms with E-state index in [4.69, 9.17) is 0 Å². The fourth-order valence-electron chi connectivity index (χ4n) is 1.85. The first-order valence-corrected chi connectivity index (χ1v) is 6.26. The van der Waals surface area contributed by atoms with Gasteiger partial charge in [-0.25, -0.2) is 8.78 Å². The van der Waals surface area contributed by atoms with Crippen LogP contribution in [-0.2, 0) is 0 Å². The molecule has 0 atom stereocenters. The van der Waals surface area contributed by atoms with Crippen molar-refractivity contribution < 1.29 is 8.78 Å². The lowest BCUT2D eigenvalue weighted by molar-refractivity contribution is -0.0220. The minimum Gasteiger partial charge on any atom is -0.371 e. The fourth-order valence-corrected chi connectivity index (χ4v) is 1.85. The Kier molecular flexibility index (Phi) is 4.91. The molecule has 2 rings (SSSR count). The maximum Gasteiger partial charge on any atom is 0.251 e. The van der Waals surface area contributed by atoms with Crippen molar-refractivity contribution in [1.29, 1.82) is 0 Å². The number of rotatable bonds is 1. The molecule has 1 aromatic carbocycles. The first-order valence-electron chi connectivity index (χ1n) is 6.26.